The van der Waals surface area contributed by atoms with Crippen molar-refractivity contribution >= 4 is 23.1 Å². The summed E-state index contributed by atoms with van der Waals surface area (Å²) in [5.74, 6) is -0.875. The topological polar surface area (TPSA) is 64.3 Å². The van der Waals surface area contributed by atoms with Crippen molar-refractivity contribution in [3.63, 3.8) is 0 Å². The molecule has 3 N–H and O–H groups in total. The first-order chi connectivity index (χ1) is 8.54. The van der Waals surface area contributed by atoms with E-state index >= 15 is 0 Å². The highest BCUT2D eigenvalue weighted by Gasteiger charge is 2.08. The summed E-state index contributed by atoms with van der Waals surface area (Å²) in [4.78, 5) is 11.4. The minimum atomic E-state index is -0.594. The predicted molar refractivity (Wildman–Crippen MR) is 71.1 cm³/mol. The number of benzene rings is 1. The SMILES string of the molecule is CCCNC(=O)COc1ccc(C(N)=S)cc1F. The molecule has 1 rings (SSSR count). The van der Waals surface area contributed by atoms with Crippen LogP contribution in [0, 0.1) is 5.82 Å². The number of nitrogens with one attached hydrogen (secondary N) is 1. The lowest BCUT2D eigenvalue weighted by Gasteiger charge is -2.08. The van der Waals surface area contributed by atoms with Gasteiger partial charge in [-0.05, 0) is 24.6 Å². The molecule has 0 saturated heterocycles. The van der Waals surface area contributed by atoms with Crippen LogP contribution in [0.15, 0.2) is 18.2 Å². The van der Waals surface area contributed by atoms with E-state index in [4.69, 9.17) is 22.7 Å². The van der Waals surface area contributed by atoms with E-state index in [0.717, 1.165) is 6.42 Å². The van der Waals surface area contributed by atoms with Crippen LogP contribution in [0.3, 0.4) is 0 Å². The van der Waals surface area contributed by atoms with Crippen LogP contribution in [0.4, 0.5) is 4.39 Å². The van der Waals surface area contributed by atoms with Crippen LogP contribution in [0.1, 0.15) is 18.9 Å². The van der Waals surface area contributed by atoms with Crippen molar-refractivity contribution in [2.75, 3.05) is 13.2 Å². The Morgan fingerprint density at radius 1 is 1.56 bits per heavy atom. The number of hydrogen-bond donors (Lipinski definition) is 2. The lowest BCUT2D eigenvalue weighted by Crippen LogP contribution is -2.29. The summed E-state index contributed by atoms with van der Waals surface area (Å²) >= 11 is 4.73. The Labute approximate surface area is 110 Å². The van der Waals surface area contributed by atoms with Gasteiger partial charge in [0.1, 0.15) is 4.99 Å². The molecule has 0 radical (unpaired) electrons. The van der Waals surface area contributed by atoms with Gasteiger partial charge >= 0.3 is 0 Å². The molecule has 0 aliphatic rings. The molecule has 18 heavy (non-hydrogen) atoms. The molecule has 1 amide bonds. The molecule has 0 aliphatic carbocycles. The maximum absolute atomic E-state index is 13.5. The Bertz CT molecular complexity index is 452. The summed E-state index contributed by atoms with van der Waals surface area (Å²) in [5.41, 5.74) is 5.79. The van der Waals surface area contributed by atoms with Crippen molar-refractivity contribution in [3.8, 4) is 5.75 Å². The number of carbonyl (C=O) groups excluding carboxylic acids is 1. The van der Waals surface area contributed by atoms with Crippen LogP contribution >= 0.6 is 12.2 Å². The van der Waals surface area contributed by atoms with Gasteiger partial charge in [0.2, 0.25) is 0 Å². The minimum Gasteiger partial charge on any atom is -0.481 e. The lowest BCUT2D eigenvalue weighted by molar-refractivity contribution is -0.123. The molecule has 4 nitrogen and oxygen atoms in total. The molecular weight excluding hydrogens is 255 g/mol. The van der Waals surface area contributed by atoms with Crippen molar-refractivity contribution in [2.24, 2.45) is 5.73 Å². The third-order valence-corrected chi connectivity index (χ3v) is 2.38. The molecule has 1 aromatic rings. The van der Waals surface area contributed by atoms with E-state index in [1.165, 1.54) is 12.1 Å². The predicted octanol–water partition coefficient (Wildman–Crippen LogP) is 1.36. The van der Waals surface area contributed by atoms with Crippen molar-refractivity contribution in [3.05, 3.63) is 29.6 Å². The van der Waals surface area contributed by atoms with Gasteiger partial charge < -0.3 is 15.8 Å². The summed E-state index contributed by atoms with van der Waals surface area (Å²) in [6.07, 6.45) is 0.836. The zero-order chi connectivity index (χ0) is 13.5. The largest absolute Gasteiger partial charge is 0.481 e. The normalized spacial score (nSPS) is 9.89. The smallest absolute Gasteiger partial charge is 0.257 e. The fourth-order valence-corrected chi connectivity index (χ4v) is 1.36. The van der Waals surface area contributed by atoms with Gasteiger partial charge in [0.05, 0.1) is 0 Å². The fraction of sp³-hybridized carbons (Fsp3) is 0.333. The molecule has 0 unspecified atom stereocenters. The number of halogens is 1. The third-order valence-electron chi connectivity index (χ3n) is 2.15. The first-order valence-electron chi connectivity index (χ1n) is 5.53. The highest BCUT2D eigenvalue weighted by molar-refractivity contribution is 7.80. The van der Waals surface area contributed by atoms with Gasteiger partial charge in [-0.15, -0.1) is 0 Å². The highest BCUT2D eigenvalue weighted by atomic mass is 32.1. The molecule has 0 spiro atoms. The second-order valence-electron chi connectivity index (χ2n) is 3.65. The van der Waals surface area contributed by atoms with E-state index in [-0.39, 0.29) is 23.3 Å². The van der Waals surface area contributed by atoms with Crippen LogP contribution < -0.4 is 15.8 Å². The van der Waals surface area contributed by atoms with Crippen LogP contribution in [-0.4, -0.2) is 24.0 Å². The number of amides is 1. The highest BCUT2D eigenvalue weighted by Crippen LogP contribution is 2.18. The fourth-order valence-electron chi connectivity index (χ4n) is 1.23. The average molecular weight is 270 g/mol. The lowest BCUT2D eigenvalue weighted by atomic mass is 10.2. The summed E-state index contributed by atoms with van der Waals surface area (Å²) < 4.78 is 18.6. The van der Waals surface area contributed by atoms with Gasteiger partial charge in [-0.3, -0.25) is 4.79 Å². The van der Waals surface area contributed by atoms with Gasteiger partial charge in [0.15, 0.2) is 18.2 Å². The number of nitrogens with two attached hydrogens (primary N) is 1. The Morgan fingerprint density at radius 2 is 2.28 bits per heavy atom. The molecule has 0 atom stereocenters. The first-order valence-corrected chi connectivity index (χ1v) is 5.94. The van der Waals surface area contributed by atoms with Crippen molar-refractivity contribution in [1.29, 1.82) is 0 Å². The van der Waals surface area contributed by atoms with Crippen molar-refractivity contribution in [2.45, 2.75) is 13.3 Å². The molecule has 0 fully saturated rings. The minimum absolute atomic E-state index is 0.00153. The zero-order valence-electron chi connectivity index (χ0n) is 10.0. The number of rotatable bonds is 6. The molecule has 0 aromatic heterocycles. The van der Waals surface area contributed by atoms with Gasteiger partial charge in [0, 0.05) is 12.1 Å². The molecule has 0 saturated carbocycles. The molecule has 0 heterocycles. The second kappa shape index (κ2) is 6.90. The van der Waals surface area contributed by atoms with Crippen LogP contribution in [0.25, 0.3) is 0 Å². The second-order valence-corrected chi connectivity index (χ2v) is 4.09. The maximum Gasteiger partial charge on any atom is 0.257 e. The van der Waals surface area contributed by atoms with Crippen LogP contribution in [0.2, 0.25) is 0 Å². The van der Waals surface area contributed by atoms with E-state index in [2.05, 4.69) is 5.32 Å². The summed E-state index contributed by atoms with van der Waals surface area (Å²) in [6, 6.07) is 4.13. The van der Waals surface area contributed by atoms with Crippen LogP contribution in [0.5, 0.6) is 5.75 Å². The number of carbonyl (C=O) groups is 1. The van der Waals surface area contributed by atoms with E-state index < -0.39 is 5.82 Å². The standard InChI is InChI=1S/C12H15FN2O2S/c1-2-5-15-11(16)7-17-10-4-3-8(12(14)18)6-9(10)13/h3-4,6H,2,5,7H2,1H3,(H2,14,18)(H,15,16). The Balaban J connectivity index is 2.58. The first kappa shape index (κ1) is 14.4. The van der Waals surface area contributed by atoms with Gasteiger partial charge in [-0.2, -0.15) is 0 Å². The number of thiocarbonyl (C=S) groups is 1. The van der Waals surface area contributed by atoms with E-state index in [1.54, 1.807) is 6.07 Å². The Hall–Kier alpha value is -1.69. The summed E-state index contributed by atoms with van der Waals surface area (Å²) in [6.45, 7) is 2.30. The number of ether oxygens (including phenoxy) is 1. The van der Waals surface area contributed by atoms with Gasteiger partial charge in [0.25, 0.3) is 5.91 Å². The third kappa shape index (κ3) is 4.29. The molecule has 6 heteroatoms. The van der Waals surface area contributed by atoms with E-state index in [9.17, 15) is 9.18 Å². The van der Waals surface area contributed by atoms with Gasteiger partial charge in [-0.25, -0.2) is 4.39 Å². The molecule has 98 valence electrons. The molecule has 0 bridgehead atoms. The maximum atomic E-state index is 13.5. The van der Waals surface area contributed by atoms with E-state index in [1.807, 2.05) is 6.92 Å². The Kier molecular flexibility index (Phi) is 5.51. The quantitative estimate of drug-likeness (QED) is 0.766. The van der Waals surface area contributed by atoms with Crippen LogP contribution in [-0.2, 0) is 4.79 Å². The van der Waals surface area contributed by atoms with Gasteiger partial charge in [-0.1, -0.05) is 19.1 Å². The summed E-state index contributed by atoms with van der Waals surface area (Å²) in [5, 5.41) is 2.62. The Morgan fingerprint density at radius 3 is 2.83 bits per heavy atom. The molecule has 0 aliphatic heterocycles. The number of hydrogen-bond acceptors (Lipinski definition) is 3. The average Bonchev–Trinajstić information content (AvgIpc) is 2.34. The monoisotopic (exact) mass is 270 g/mol. The van der Waals surface area contributed by atoms with Crippen molar-refractivity contribution < 1.29 is 13.9 Å². The zero-order valence-corrected chi connectivity index (χ0v) is 10.8. The molecular formula is C12H15FN2O2S. The summed E-state index contributed by atoms with van der Waals surface area (Å²) in [7, 11) is 0. The molecule has 1 aromatic carbocycles. The van der Waals surface area contributed by atoms with E-state index in [0.29, 0.717) is 12.1 Å². The van der Waals surface area contributed by atoms with Crippen molar-refractivity contribution in [1.82, 2.24) is 5.32 Å².